The lowest BCUT2D eigenvalue weighted by atomic mass is 10.1. The summed E-state index contributed by atoms with van der Waals surface area (Å²) in [5, 5.41) is 13.4. The minimum absolute atomic E-state index is 0.00752. The molecule has 0 unspecified atom stereocenters. The number of nitrogens with zero attached hydrogens (tertiary/aromatic N) is 2. The molecule has 10 heteroatoms. The van der Waals surface area contributed by atoms with E-state index in [9.17, 15) is 19.7 Å². The molecule has 0 bridgehead atoms. The molecule has 1 heterocycles. The van der Waals surface area contributed by atoms with Crippen LogP contribution in [0.25, 0.3) is 0 Å². The van der Waals surface area contributed by atoms with Gasteiger partial charge in [-0.05, 0) is 30.3 Å². The predicted octanol–water partition coefficient (Wildman–Crippen LogP) is 2.95. The number of amides is 1. The van der Waals surface area contributed by atoms with Crippen molar-refractivity contribution in [1.29, 1.82) is 0 Å². The number of hydrogen-bond donors (Lipinski definition) is 1. The highest BCUT2D eigenvalue weighted by Gasteiger charge is 2.18. The van der Waals surface area contributed by atoms with Gasteiger partial charge in [0.25, 0.3) is 5.69 Å². The van der Waals surface area contributed by atoms with Crippen LogP contribution in [0.4, 0.5) is 17.1 Å². The summed E-state index contributed by atoms with van der Waals surface area (Å²) in [4.78, 5) is 37.7. The fraction of sp³-hybridized carbons (Fsp3) is 0.300. The Labute approximate surface area is 177 Å². The van der Waals surface area contributed by atoms with E-state index in [2.05, 4.69) is 10.2 Å². The number of carbonyl (C=O) groups is 2. The molecule has 0 radical (unpaired) electrons. The normalized spacial score (nSPS) is 13.6. The SMILES string of the molecule is COC(=O)c1cc(N2CCOCC2)ccc1NC(=O)CSc1ccc([N+](=O)[O-])cc1. The van der Waals surface area contributed by atoms with Crippen LogP contribution < -0.4 is 10.2 Å². The highest BCUT2D eigenvalue weighted by Crippen LogP contribution is 2.26. The van der Waals surface area contributed by atoms with Gasteiger partial charge in [0, 0.05) is 35.8 Å². The number of nitro benzene ring substituents is 1. The van der Waals surface area contributed by atoms with Gasteiger partial charge in [-0.2, -0.15) is 0 Å². The minimum Gasteiger partial charge on any atom is -0.465 e. The lowest BCUT2D eigenvalue weighted by Crippen LogP contribution is -2.36. The van der Waals surface area contributed by atoms with Crippen LogP contribution in [-0.2, 0) is 14.3 Å². The molecule has 158 valence electrons. The third kappa shape index (κ3) is 5.49. The second kappa shape index (κ2) is 10.1. The first-order valence-electron chi connectivity index (χ1n) is 9.20. The van der Waals surface area contributed by atoms with Crippen molar-refractivity contribution in [2.24, 2.45) is 0 Å². The molecule has 1 saturated heterocycles. The molecule has 9 nitrogen and oxygen atoms in total. The zero-order valence-electron chi connectivity index (χ0n) is 16.3. The quantitative estimate of drug-likeness (QED) is 0.308. The molecule has 0 atom stereocenters. The van der Waals surface area contributed by atoms with E-state index in [-0.39, 0.29) is 22.9 Å². The van der Waals surface area contributed by atoms with Crippen molar-refractivity contribution in [3.63, 3.8) is 0 Å². The zero-order valence-corrected chi connectivity index (χ0v) is 17.1. The fourth-order valence-corrected chi connectivity index (χ4v) is 3.64. The van der Waals surface area contributed by atoms with E-state index < -0.39 is 10.9 Å². The molecule has 0 aromatic heterocycles. The first kappa shape index (κ1) is 21.6. The fourth-order valence-electron chi connectivity index (χ4n) is 2.94. The van der Waals surface area contributed by atoms with Crippen molar-refractivity contribution in [3.8, 4) is 0 Å². The number of rotatable bonds is 7. The molecular formula is C20H21N3O6S. The number of esters is 1. The maximum atomic E-state index is 12.4. The van der Waals surface area contributed by atoms with Crippen LogP contribution in [-0.4, -0.2) is 56.0 Å². The number of morpholine rings is 1. The second-order valence-electron chi connectivity index (χ2n) is 6.41. The molecule has 2 aromatic carbocycles. The number of thioether (sulfide) groups is 1. The van der Waals surface area contributed by atoms with E-state index in [0.717, 1.165) is 23.7 Å². The lowest BCUT2D eigenvalue weighted by molar-refractivity contribution is -0.384. The van der Waals surface area contributed by atoms with Gasteiger partial charge in [-0.15, -0.1) is 11.8 Å². The number of hydrogen-bond acceptors (Lipinski definition) is 8. The Morgan fingerprint density at radius 2 is 1.90 bits per heavy atom. The van der Waals surface area contributed by atoms with Gasteiger partial charge in [0.2, 0.25) is 5.91 Å². The summed E-state index contributed by atoms with van der Waals surface area (Å²) in [5.74, 6) is -0.755. The summed E-state index contributed by atoms with van der Waals surface area (Å²) in [7, 11) is 1.29. The Hall–Kier alpha value is -3.11. The molecule has 1 aliphatic rings. The molecule has 0 saturated carbocycles. The third-order valence-corrected chi connectivity index (χ3v) is 5.49. The number of nitrogens with one attached hydrogen (secondary N) is 1. The number of nitro groups is 1. The van der Waals surface area contributed by atoms with Crippen LogP contribution in [0.3, 0.4) is 0 Å². The lowest BCUT2D eigenvalue weighted by Gasteiger charge is -2.29. The molecule has 2 aromatic rings. The van der Waals surface area contributed by atoms with Gasteiger partial charge in [0.15, 0.2) is 0 Å². The Morgan fingerprint density at radius 1 is 1.20 bits per heavy atom. The largest absolute Gasteiger partial charge is 0.465 e. The van der Waals surface area contributed by atoms with Crippen molar-refractivity contribution in [2.75, 3.05) is 49.4 Å². The van der Waals surface area contributed by atoms with Crippen molar-refractivity contribution >= 4 is 40.7 Å². The van der Waals surface area contributed by atoms with Gasteiger partial charge in [-0.25, -0.2) is 4.79 Å². The predicted molar refractivity (Wildman–Crippen MR) is 113 cm³/mol. The van der Waals surface area contributed by atoms with Crippen LogP contribution >= 0.6 is 11.8 Å². The van der Waals surface area contributed by atoms with Crippen molar-refractivity contribution < 1.29 is 24.0 Å². The Balaban J connectivity index is 1.67. The molecule has 1 aliphatic heterocycles. The number of carbonyl (C=O) groups excluding carboxylic acids is 2. The number of methoxy groups -OCH3 is 1. The van der Waals surface area contributed by atoms with E-state index in [1.165, 1.54) is 31.0 Å². The van der Waals surface area contributed by atoms with Gasteiger partial charge in [0.05, 0.1) is 42.3 Å². The molecule has 3 rings (SSSR count). The number of benzene rings is 2. The molecule has 0 aliphatic carbocycles. The Bertz CT molecular complexity index is 929. The van der Waals surface area contributed by atoms with Gasteiger partial charge < -0.3 is 19.7 Å². The van der Waals surface area contributed by atoms with Crippen LogP contribution in [0.1, 0.15) is 10.4 Å². The minimum atomic E-state index is -0.538. The maximum Gasteiger partial charge on any atom is 0.340 e. The monoisotopic (exact) mass is 431 g/mol. The molecule has 1 fully saturated rings. The molecule has 30 heavy (non-hydrogen) atoms. The highest BCUT2D eigenvalue weighted by atomic mass is 32.2. The molecule has 0 spiro atoms. The van der Waals surface area contributed by atoms with Crippen LogP contribution in [0.2, 0.25) is 0 Å². The first-order chi connectivity index (χ1) is 14.5. The number of non-ortho nitro benzene ring substituents is 1. The van der Waals surface area contributed by atoms with Gasteiger partial charge in [0.1, 0.15) is 0 Å². The average Bonchev–Trinajstić information content (AvgIpc) is 2.78. The van der Waals surface area contributed by atoms with Gasteiger partial charge >= 0.3 is 5.97 Å². The van der Waals surface area contributed by atoms with E-state index in [4.69, 9.17) is 9.47 Å². The maximum absolute atomic E-state index is 12.4. The Kier molecular flexibility index (Phi) is 7.26. The molecule has 1 N–H and O–H groups in total. The molecule has 1 amide bonds. The van der Waals surface area contributed by atoms with Crippen LogP contribution in [0, 0.1) is 10.1 Å². The molecular weight excluding hydrogens is 410 g/mol. The van der Waals surface area contributed by atoms with Gasteiger partial charge in [-0.1, -0.05) is 0 Å². The van der Waals surface area contributed by atoms with E-state index in [1.807, 2.05) is 6.07 Å². The summed E-state index contributed by atoms with van der Waals surface area (Å²) in [6.07, 6.45) is 0. The van der Waals surface area contributed by atoms with Gasteiger partial charge in [-0.3, -0.25) is 14.9 Å². The standard InChI is InChI=1S/C20H21N3O6S/c1-28-20(25)17-12-15(22-8-10-29-11-9-22)4-7-18(17)21-19(24)13-30-16-5-2-14(3-6-16)23(26)27/h2-7,12H,8-11,13H2,1H3,(H,21,24). The first-order valence-corrected chi connectivity index (χ1v) is 10.2. The third-order valence-electron chi connectivity index (χ3n) is 4.48. The summed E-state index contributed by atoms with van der Waals surface area (Å²) in [5.41, 5.74) is 1.49. The average molecular weight is 431 g/mol. The van der Waals surface area contributed by atoms with Crippen molar-refractivity contribution in [1.82, 2.24) is 0 Å². The second-order valence-corrected chi connectivity index (χ2v) is 7.46. The van der Waals surface area contributed by atoms with E-state index >= 15 is 0 Å². The Morgan fingerprint density at radius 3 is 2.53 bits per heavy atom. The van der Waals surface area contributed by atoms with Crippen LogP contribution in [0.5, 0.6) is 0 Å². The zero-order chi connectivity index (χ0) is 21.5. The van der Waals surface area contributed by atoms with Crippen molar-refractivity contribution in [2.45, 2.75) is 4.90 Å². The van der Waals surface area contributed by atoms with E-state index in [0.29, 0.717) is 18.9 Å². The topological polar surface area (TPSA) is 111 Å². The smallest absolute Gasteiger partial charge is 0.340 e. The van der Waals surface area contributed by atoms with Crippen molar-refractivity contribution in [3.05, 3.63) is 58.1 Å². The number of anilines is 2. The number of ether oxygens (including phenoxy) is 2. The van der Waals surface area contributed by atoms with E-state index in [1.54, 1.807) is 24.3 Å². The highest BCUT2D eigenvalue weighted by molar-refractivity contribution is 8.00. The summed E-state index contributed by atoms with van der Waals surface area (Å²) in [6, 6.07) is 11.2. The van der Waals surface area contributed by atoms with Crippen LogP contribution in [0.15, 0.2) is 47.4 Å². The summed E-state index contributed by atoms with van der Waals surface area (Å²) >= 11 is 1.24. The summed E-state index contributed by atoms with van der Waals surface area (Å²) < 4.78 is 10.2. The summed E-state index contributed by atoms with van der Waals surface area (Å²) in [6.45, 7) is 2.67.